The molecule has 5 saturated carbocycles. The Morgan fingerprint density at radius 1 is 0.810 bits per heavy atom. The zero-order chi connectivity index (χ0) is 14.4. The van der Waals surface area contributed by atoms with E-state index in [0.29, 0.717) is 15.8 Å². The minimum absolute atomic E-state index is 0.315. The van der Waals surface area contributed by atoms with Crippen LogP contribution in [0.25, 0.3) is 0 Å². The molecule has 0 heterocycles. The summed E-state index contributed by atoms with van der Waals surface area (Å²) in [7, 11) is 0.675. The summed E-state index contributed by atoms with van der Waals surface area (Å²) in [5.41, 5.74) is 1.15. The summed E-state index contributed by atoms with van der Waals surface area (Å²) in [5, 5.41) is 0.871. The van der Waals surface area contributed by atoms with Crippen molar-refractivity contribution >= 4 is 15.8 Å². The van der Waals surface area contributed by atoms with E-state index in [1.807, 2.05) is 0 Å². The molecule has 5 aliphatic carbocycles. The molecule has 120 valence electrons. The lowest BCUT2D eigenvalue weighted by molar-refractivity contribution is 0.0357. The van der Waals surface area contributed by atoms with Gasteiger partial charge in [-0.3, -0.25) is 0 Å². The molecular weight excluding hydrogens is 290 g/mol. The summed E-state index contributed by atoms with van der Waals surface area (Å²) in [6.45, 7) is 5.34. The Morgan fingerprint density at radius 3 is 1.86 bits per heavy atom. The van der Waals surface area contributed by atoms with E-state index in [1.165, 1.54) is 12.8 Å². The highest BCUT2D eigenvalue weighted by Gasteiger charge is 2.52. The Morgan fingerprint density at radius 2 is 1.33 bits per heavy atom. The second kappa shape index (κ2) is 6.06. The molecule has 5 fully saturated rings. The van der Waals surface area contributed by atoms with Gasteiger partial charge in [0.25, 0.3) is 0 Å². The first-order valence-corrected chi connectivity index (χ1v) is 13.6. The lowest BCUT2D eigenvalue weighted by Crippen LogP contribution is -2.49. The molecule has 4 bridgehead atoms. The van der Waals surface area contributed by atoms with E-state index in [1.54, 1.807) is 63.7 Å². The van der Waals surface area contributed by atoms with E-state index in [9.17, 15) is 0 Å². The van der Waals surface area contributed by atoms with Crippen LogP contribution in [0.3, 0.4) is 0 Å². The summed E-state index contributed by atoms with van der Waals surface area (Å²) < 4.78 is 0. The summed E-state index contributed by atoms with van der Waals surface area (Å²) >= 11 is 0. The van der Waals surface area contributed by atoms with Crippen molar-refractivity contribution in [2.45, 2.75) is 75.0 Å². The predicted molar refractivity (Wildman–Crippen MR) is 98.6 cm³/mol. The van der Waals surface area contributed by atoms with Crippen LogP contribution in [-0.2, 0) is 0 Å². The van der Waals surface area contributed by atoms with E-state index in [4.69, 9.17) is 0 Å². The van der Waals surface area contributed by atoms with Crippen LogP contribution in [0.4, 0.5) is 0 Å². The highest BCUT2D eigenvalue weighted by atomic mass is 31.1. The van der Waals surface area contributed by atoms with Crippen molar-refractivity contribution in [1.29, 1.82) is 0 Å². The maximum absolute atomic E-state index is 2.71. The molecule has 0 aromatic rings. The van der Waals surface area contributed by atoms with Gasteiger partial charge in [0.2, 0.25) is 0 Å². The summed E-state index contributed by atoms with van der Waals surface area (Å²) in [4.78, 5) is 0. The maximum atomic E-state index is 2.71. The molecule has 21 heavy (non-hydrogen) atoms. The average molecular weight is 324 g/mol. The molecule has 0 nitrogen and oxygen atoms in total. The van der Waals surface area contributed by atoms with Gasteiger partial charge in [-0.05, 0) is 106 Å². The van der Waals surface area contributed by atoms with Crippen molar-refractivity contribution in [3.8, 4) is 0 Å². The summed E-state index contributed by atoms with van der Waals surface area (Å²) in [5.74, 6) is 3.46. The van der Waals surface area contributed by atoms with E-state index in [0.717, 1.165) is 28.6 Å². The van der Waals surface area contributed by atoms with Crippen LogP contribution in [0.1, 0.15) is 64.2 Å². The van der Waals surface area contributed by atoms with Crippen LogP contribution in [0.2, 0.25) is 0 Å². The second-order valence-corrected chi connectivity index (χ2v) is 14.5. The molecular formula is C19H34P2. The normalized spacial score (nSPS) is 45.1. The van der Waals surface area contributed by atoms with Crippen LogP contribution >= 0.6 is 15.8 Å². The number of hydrogen-bond acceptors (Lipinski definition) is 0. The fourth-order valence-electron chi connectivity index (χ4n) is 6.60. The molecule has 0 aromatic carbocycles. The van der Waals surface area contributed by atoms with Crippen molar-refractivity contribution in [1.82, 2.24) is 0 Å². The van der Waals surface area contributed by atoms with E-state index < -0.39 is 0 Å². The minimum atomic E-state index is 0.315. The van der Waals surface area contributed by atoms with Gasteiger partial charge in [0.05, 0.1) is 0 Å². The number of rotatable bonds is 5. The van der Waals surface area contributed by atoms with Crippen LogP contribution < -0.4 is 0 Å². The zero-order valence-corrected chi connectivity index (χ0v) is 16.0. The van der Waals surface area contributed by atoms with Crippen LogP contribution in [0, 0.1) is 17.8 Å². The highest BCUT2D eigenvalue weighted by Crippen LogP contribution is 2.68. The Balaban J connectivity index is 1.35. The summed E-state index contributed by atoms with van der Waals surface area (Å²) in [6.07, 6.45) is 19.2. The van der Waals surface area contributed by atoms with Gasteiger partial charge in [-0.25, -0.2) is 0 Å². The zero-order valence-electron chi connectivity index (χ0n) is 14.2. The lowest BCUT2D eigenvalue weighted by Gasteiger charge is -2.59. The largest absolute Gasteiger partial charge is 0.106 e. The molecule has 2 heteroatoms. The van der Waals surface area contributed by atoms with Crippen molar-refractivity contribution in [3.63, 3.8) is 0 Å². The lowest BCUT2D eigenvalue weighted by atomic mass is 9.56. The average Bonchev–Trinajstić information content (AvgIpc) is 2.97. The van der Waals surface area contributed by atoms with Gasteiger partial charge in [-0.1, -0.05) is 12.8 Å². The van der Waals surface area contributed by atoms with E-state index in [2.05, 4.69) is 13.3 Å². The Kier molecular flexibility index (Phi) is 4.44. The Bertz CT molecular complexity index is 336. The smallest absolute Gasteiger partial charge is 0.00888 e. The van der Waals surface area contributed by atoms with E-state index >= 15 is 0 Å². The van der Waals surface area contributed by atoms with Gasteiger partial charge in [0, 0.05) is 0 Å². The van der Waals surface area contributed by atoms with Gasteiger partial charge in [0.15, 0.2) is 0 Å². The quantitative estimate of drug-likeness (QED) is 0.534. The third kappa shape index (κ3) is 2.98. The van der Waals surface area contributed by atoms with Gasteiger partial charge >= 0.3 is 0 Å². The Hall–Kier alpha value is 0.860. The topological polar surface area (TPSA) is 0 Å². The third-order valence-corrected chi connectivity index (χ3v) is 13.7. The fraction of sp³-hybridized carbons (Fsp3) is 1.00. The summed E-state index contributed by atoms with van der Waals surface area (Å²) in [6, 6.07) is 0. The van der Waals surface area contributed by atoms with Crippen LogP contribution in [-0.4, -0.2) is 36.5 Å². The molecule has 0 aromatic heterocycles. The molecule has 5 aliphatic rings. The molecule has 0 N–H and O–H groups in total. The monoisotopic (exact) mass is 324 g/mol. The first kappa shape index (κ1) is 15.4. The standard InChI is InChI=1S/C19H34P2/c1-20(18-5-3-4-6-18)7-8-21(2)19-12-15-9-16(13-19)11-17(10-15)14-19/h15-18H,3-14H2,1-2H3. The molecule has 5 rings (SSSR count). The van der Waals surface area contributed by atoms with E-state index in [-0.39, 0.29) is 0 Å². The molecule has 0 saturated heterocycles. The van der Waals surface area contributed by atoms with Gasteiger partial charge in [-0.2, -0.15) is 0 Å². The molecule has 0 amide bonds. The van der Waals surface area contributed by atoms with Crippen molar-refractivity contribution < 1.29 is 0 Å². The first-order chi connectivity index (χ1) is 10.1. The van der Waals surface area contributed by atoms with Crippen LogP contribution in [0.5, 0.6) is 0 Å². The van der Waals surface area contributed by atoms with Crippen molar-refractivity contribution in [2.24, 2.45) is 17.8 Å². The third-order valence-electron chi connectivity index (χ3n) is 7.55. The fourth-order valence-corrected chi connectivity index (χ4v) is 12.9. The van der Waals surface area contributed by atoms with Gasteiger partial charge in [-0.15, -0.1) is 15.8 Å². The SMILES string of the molecule is CP(CCP(C)C12CC3CC(CC(C3)C1)C2)C1CCCC1. The molecule has 2 atom stereocenters. The minimum Gasteiger partial charge on any atom is -0.106 e. The molecule has 0 aliphatic heterocycles. The second-order valence-electron chi connectivity index (χ2n) is 8.98. The van der Waals surface area contributed by atoms with Gasteiger partial charge in [0.1, 0.15) is 0 Å². The highest BCUT2D eigenvalue weighted by molar-refractivity contribution is 7.62. The number of hydrogen-bond donors (Lipinski definition) is 0. The maximum Gasteiger partial charge on any atom is -0.00888 e. The van der Waals surface area contributed by atoms with Gasteiger partial charge < -0.3 is 0 Å². The molecule has 0 radical (unpaired) electrons. The van der Waals surface area contributed by atoms with Crippen molar-refractivity contribution in [3.05, 3.63) is 0 Å². The Labute approximate surface area is 134 Å². The predicted octanol–water partition coefficient (Wildman–Crippen LogP) is 6.12. The first-order valence-electron chi connectivity index (χ1n) is 9.56. The molecule has 2 unspecified atom stereocenters. The van der Waals surface area contributed by atoms with Crippen LogP contribution in [0.15, 0.2) is 0 Å². The molecule has 0 spiro atoms. The van der Waals surface area contributed by atoms with Crippen molar-refractivity contribution in [2.75, 3.05) is 25.7 Å².